The minimum Gasteiger partial charge on any atom is -0.481 e. The summed E-state index contributed by atoms with van der Waals surface area (Å²) in [6.45, 7) is 0.989. The predicted molar refractivity (Wildman–Crippen MR) is 76.2 cm³/mol. The monoisotopic (exact) mass is 341 g/mol. The highest BCUT2D eigenvalue weighted by molar-refractivity contribution is 9.10. The highest BCUT2D eigenvalue weighted by Gasteiger charge is 2.26. The van der Waals surface area contributed by atoms with E-state index in [1.54, 1.807) is 0 Å². The fourth-order valence-electron chi connectivity index (χ4n) is 2.18. The van der Waals surface area contributed by atoms with Crippen molar-refractivity contribution < 1.29 is 19.4 Å². The quantitative estimate of drug-likeness (QED) is 0.860. The number of carbonyl (C=O) groups excluding carboxylic acids is 1. The van der Waals surface area contributed by atoms with Crippen molar-refractivity contribution in [3.63, 3.8) is 0 Å². The Balaban J connectivity index is 2.10. The molecular weight excluding hydrogens is 326 g/mol. The number of ether oxygens (including phenoxy) is 1. The molecule has 1 aromatic rings. The molecule has 0 unspecified atom stereocenters. The number of nitrogens with one attached hydrogen (secondary N) is 1. The molecule has 0 saturated carbocycles. The predicted octanol–water partition coefficient (Wildman–Crippen LogP) is 2.12. The first-order chi connectivity index (χ1) is 9.56. The Labute approximate surface area is 125 Å². The summed E-state index contributed by atoms with van der Waals surface area (Å²) in [4.78, 5) is 23.1. The van der Waals surface area contributed by atoms with Crippen molar-refractivity contribution in [3.8, 4) is 0 Å². The van der Waals surface area contributed by atoms with Crippen molar-refractivity contribution >= 4 is 27.8 Å². The molecular formula is C14H16BrNO4. The Morgan fingerprint density at radius 1 is 1.50 bits per heavy atom. The van der Waals surface area contributed by atoms with E-state index in [2.05, 4.69) is 21.2 Å². The molecule has 1 aromatic carbocycles. The maximum atomic E-state index is 12.1. The van der Waals surface area contributed by atoms with E-state index >= 15 is 0 Å². The van der Waals surface area contributed by atoms with Crippen LogP contribution in [0.4, 0.5) is 0 Å². The van der Waals surface area contributed by atoms with Gasteiger partial charge in [0.15, 0.2) is 0 Å². The first-order valence-electron chi connectivity index (χ1n) is 6.41. The molecule has 6 heteroatoms. The van der Waals surface area contributed by atoms with Crippen molar-refractivity contribution in [3.05, 3.63) is 34.3 Å². The lowest BCUT2D eigenvalue weighted by atomic mass is 10.0. The van der Waals surface area contributed by atoms with Crippen molar-refractivity contribution in [1.29, 1.82) is 0 Å². The van der Waals surface area contributed by atoms with Crippen LogP contribution in [-0.4, -0.2) is 30.2 Å². The van der Waals surface area contributed by atoms with E-state index in [1.807, 2.05) is 24.3 Å². The molecule has 2 N–H and O–H groups in total. The van der Waals surface area contributed by atoms with Gasteiger partial charge in [-0.25, -0.2) is 0 Å². The van der Waals surface area contributed by atoms with E-state index < -0.39 is 12.0 Å². The number of carbonyl (C=O) groups is 2. The molecule has 1 fully saturated rings. The Morgan fingerprint density at radius 3 is 2.90 bits per heavy atom. The molecule has 1 heterocycles. The van der Waals surface area contributed by atoms with Crippen LogP contribution in [0.3, 0.4) is 0 Å². The van der Waals surface area contributed by atoms with Crippen LogP contribution in [-0.2, 0) is 14.3 Å². The van der Waals surface area contributed by atoms with Crippen LogP contribution in [0.5, 0.6) is 0 Å². The van der Waals surface area contributed by atoms with Crippen molar-refractivity contribution in [2.75, 3.05) is 13.2 Å². The van der Waals surface area contributed by atoms with Crippen LogP contribution in [0.25, 0.3) is 0 Å². The summed E-state index contributed by atoms with van der Waals surface area (Å²) in [5.41, 5.74) is 0.772. The maximum absolute atomic E-state index is 12.1. The first kappa shape index (κ1) is 15.0. The molecule has 5 nitrogen and oxygen atoms in total. The van der Waals surface area contributed by atoms with E-state index in [0.717, 1.165) is 10.0 Å². The Hall–Kier alpha value is -1.40. The summed E-state index contributed by atoms with van der Waals surface area (Å²) < 4.78 is 6.03. The lowest BCUT2D eigenvalue weighted by Crippen LogP contribution is -2.35. The zero-order valence-corrected chi connectivity index (χ0v) is 12.4. The third-order valence-corrected chi connectivity index (χ3v) is 3.74. The molecule has 0 aromatic heterocycles. The Kier molecular flexibility index (Phi) is 5.14. The van der Waals surface area contributed by atoms with Crippen LogP contribution in [0.2, 0.25) is 0 Å². The second kappa shape index (κ2) is 6.85. The molecule has 0 radical (unpaired) electrons. The van der Waals surface area contributed by atoms with Gasteiger partial charge < -0.3 is 15.2 Å². The maximum Gasteiger partial charge on any atom is 0.305 e. The van der Waals surface area contributed by atoms with Gasteiger partial charge in [-0.2, -0.15) is 0 Å². The smallest absolute Gasteiger partial charge is 0.305 e. The van der Waals surface area contributed by atoms with Crippen LogP contribution in [0.1, 0.15) is 24.4 Å². The zero-order chi connectivity index (χ0) is 14.5. The normalized spacial score (nSPS) is 19.6. The Morgan fingerprint density at radius 2 is 2.30 bits per heavy atom. The van der Waals surface area contributed by atoms with Gasteiger partial charge >= 0.3 is 5.97 Å². The summed E-state index contributed by atoms with van der Waals surface area (Å²) in [6.07, 6.45) is 0.542. The fourth-order valence-corrected chi connectivity index (χ4v) is 2.60. The summed E-state index contributed by atoms with van der Waals surface area (Å²) in [7, 11) is 0. The lowest BCUT2D eigenvalue weighted by Gasteiger charge is -2.19. The topological polar surface area (TPSA) is 75.6 Å². The number of rotatable bonds is 5. The van der Waals surface area contributed by atoms with E-state index in [0.29, 0.717) is 19.6 Å². The summed E-state index contributed by atoms with van der Waals surface area (Å²) in [5.74, 6) is -1.27. The molecule has 1 amide bonds. The molecule has 108 valence electrons. The molecule has 1 saturated heterocycles. The van der Waals surface area contributed by atoms with Crippen LogP contribution < -0.4 is 5.32 Å². The summed E-state index contributed by atoms with van der Waals surface area (Å²) in [5, 5.41) is 11.8. The minimum absolute atomic E-state index is 0.143. The number of carboxylic acid groups (broad SMARTS) is 1. The third-order valence-electron chi connectivity index (χ3n) is 3.25. The number of benzene rings is 1. The first-order valence-corrected chi connectivity index (χ1v) is 7.21. The van der Waals surface area contributed by atoms with E-state index in [-0.39, 0.29) is 18.2 Å². The van der Waals surface area contributed by atoms with Crippen molar-refractivity contribution in [1.82, 2.24) is 5.32 Å². The van der Waals surface area contributed by atoms with E-state index in [9.17, 15) is 9.59 Å². The van der Waals surface area contributed by atoms with Crippen LogP contribution in [0, 0.1) is 5.92 Å². The van der Waals surface area contributed by atoms with Crippen LogP contribution in [0.15, 0.2) is 28.7 Å². The van der Waals surface area contributed by atoms with Gasteiger partial charge in [-0.3, -0.25) is 9.59 Å². The number of amides is 1. The second-order valence-electron chi connectivity index (χ2n) is 4.77. The van der Waals surface area contributed by atoms with Gasteiger partial charge in [0.05, 0.1) is 25.0 Å². The number of halogens is 1. The fraction of sp³-hybridized carbons (Fsp3) is 0.429. The van der Waals surface area contributed by atoms with Crippen molar-refractivity contribution in [2.24, 2.45) is 5.92 Å². The molecule has 1 aliphatic rings. The minimum atomic E-state index is -0.946. The van der Waals surface area contributed by atoms with Gasteiger partial charge in [-0.05, 0) is 24.1 Å². The van der Waals surface area contributed by atoms with Gasteiger partial charge in [0, 0.05) is 11.1 Å². The number of carboxylic acids is 1. The average Bonchev–Trinajstić information content (AvgIpc) is 2.91. The number of hydrogen-bond acceptors (Lipinski definition) is 3. The zero-order valence-electron chi connectivity index (χ0n) is 10.8. The molecule has 1 aliphatic heterocycles. The summed E-state index contributed by atoms with van der Waals surface area (Å²) >= 11 is 3.35. The van der Waals surface area contributed by atoms with Gasteiger partial charge in [-0.15, -0.1) is 0 Å². The van der Waals surface area contributed by atoms with E-state index in [4.69, 9.17) is 9.84 Å². The summed E-state index contributed by atoms with van der Waals surface area (Å²) in [6, 6.07) is 6.77. The van der Waals surface area contributed by atoms with E-state index in [1.165, 1.54) is 0 Å². The standard InChI is InChI=1S/C14H16BrNO4/c15-11-3-1-2-9(6-11)12(7-13(17)18)16-14(19)10-4-5-20-8-10/h1-3,6,10,12H,4-5,7-8H2,(H,16,19)(H,17,18)/t10-,12+/m1/s1. The molecule has 20 heavy (non-hydrogen) atoms. The number of hydrogen-bond donors (Lipinski definition) is 2. The second-order valence-corrected chi connectivity index (χ2v) is 5.69. The SMILES string of the molecule is O=C(O)C[C@H](NC(=O)[C@@H]1CCOC1)c1cccc(Br)c1. The molecule has 0 bridgehead atoms. The van der Waals surface area contributed by atoms with Gasteiger partial charge in [-0.1, -0.05) is 28.1 Å². The van der Waals surface area contributed by atoms with Crippen LogP contribution >= 0.6 is 15.9 Å². The highest BCUT2D eigenvalue weighted by atomic mass is 79.9. The Bertz CT molecular complexity index is 500. The van der Waals surface area contributed by atoms with Gasteiger partial charge in [0.25, 0.3) is 0 Å². The number of aliphatic carboxylic acids is 1. The molecule has 2 atom stereocenters. The van der Waals surface area contributed by atoms with Crippen molar-refractivity contribution in [2.45, 2.75) is 18.9 Å². The molecule has 0 spiro atoms. The molecule has 2 rings (SSSR count). The van der Waals surface area contributed by atoms with Gasteiger partial charge in [0.2, 0.25) is 5.91 Å². The third kappa shape index (κ3) is 4.05. The molecule has 0 aliphatic carbocycles. The largest absolute Gasteiger partial charge is 0.481 e. The lowest BCUT2D eigenvalue weighted by molar-refractivity contribution is -0.137. The highest BCUT2D eigenvalue weighted by Crippen LogP contribution is 2.22. The average molecular weight is 342 g/mol. The van der Waals surface area contributed by atoms with Gasteiger partial charge in [0.1, 0.15) is 0 Å².